The molecule has 2 unspecified atom stereocenters. The van der Waals surface area contributed by atoms with E-state index in [2.05, 4.69) is 11.4 Å². The van der Waals surface area contributed by atoms with Crippen LogP contribution in [-0.4, -0.2) is 30.4 Å². The SMILES string of the molecule is Cc1cc(C)cc(OC2CNCC2O)c1. The fourth-order valence-electron chi connectivity index (χ4n) is 1.94. The van der Waals surface area contributed by atoms with Crippen LogP contribution in [0.2, 0.25) is 0 Å². The van der Waals surface area contributed by atoms with Crippen molar-refractivity contribution in [2.75, 3.05) is 13.1 Å². The van der Waals surface area contributed by atoms with Crippen LogP contribution in [0.3, 0.4) is 0 Å². The summed E-state index contributed by atoms with van der Waals surface area (Å²) >= 11 is 0. The van der Waals surface area contributed by atoms with Crippen LogP contribution in [0.25, 0.3) is 0 Å². The van der Waals surface area contributed by atoms with Crippen molar-refractivity contribution in [1.82, 2.24) is 5.32 Å². The molecule has 0 aliphatic carbocycles. The van der Waals surface area contributed by atoms with Gasteiger partial charge in [0.15, 0.2) is 0 Å². The van der Waals surface area contributed by atoms with Gasteiger partial charge in [-0.3, -0.25) is 0 Å². The molecule has 0 bridgehead atoms. The first-order chi connectivity index (χ1) is 7.15. The summed E-state index contributed by atoms with van der Waals surface area (Å²) in [6.07, 6.45) is -0.517. The lowest BCUT2D eigenvalue weighted by atomic mass is 10.1. The smallest absolute Gasteiger partial charge is 0.138 e. The zero-order valence-corrected chi connectivity index (χ0v) is 9.16. The summed E-state index contributed by atoms with van der Waals surface area (Å²) in [4.78, 5) is 0. The fraction of sp³-hybridized carbons (Fsp3) is 0.500. The van der Waals surface area contributed by atoms with Crippen molar-refractivity contribution in [2.45, 2.75) is 26.1 Å². The Labute approximate surface area is 90.1 Å². The van der Waals surface area contributed by atoms with Gasteiger partial charge in [0, 0.05) is 13.1 Å². The minimum atomic E-state index is -0.397. The maximum atomic E-state index is 9.60. The van der Waals surface area contributed by atoms with Crippen LogP contribution in [0.4, 0.5) is 0 Å². The van der Waals surface area contributed by atoms with Crippen LogP contribution >= 0.6 is 0 Å². The summed E-state index contributed by atoms with van der Waals surface area (Å²) < 4.78 is 5.74. The lowest BCUT2D eigenvalue weighted by molar-refractivity contribution is 0.0737. The zero-order chi connectivity index (χ0) is 10.8. The Bertz CT molecular complexity index is 331. The summed E-state index contributed by atoms with van der Waals surface area (Å²) in [7, 11) is 0. The van der Waals surface area contributed by atoms with Gasteiger partial charge in [0.05, 0.1) is 0 Å². The molecule has 1 fully saturated rings. The molecule has 2 atom stereocenters. The van der Waals surface area contributed by atoms with Crippen molar-refractivity contribution in [3.8, 4) is 5.75 Å². The molecular formula is C12H17NO2. The lowest BCUT2D eigenvalue weighted by Gasteiger charge is -2.16. The molecule has 3 heteroatoms. The Balaban J connectivity index is 2.10. The predicted molar refractivity (Wildman–Crippen MR) is 59.2 cm³/mol. The molecule has 2 N–H and O–H groups in total. The first-order valence-corrected chi connectivity index (χ1v) is 5.29. The number of ether oxygens (including phenoxy) is 1. The van der Waals surface area contributed by atoms with E-state index < -0.39 is 6.10 Å². The van der Waals surface area contributed by atoms with Crippen molar-refractivity contribution >= 4 is 0 Å². The number of nitrogens with one attached hydrogen (secondary N) is 1. The average Bonchev–Trinajstić information content (AvgIpc) is 2.50. The first kappa shape index (κ1) is 10.5. The first-order valence-electron chi connectivity index (χ1n) is 5.29. The van der Waals surface area contributed by atoms with Gasteiger partial charge >= 0.3 is 0 Å². The van der Waals surface area contributed by atoms with E-state index in [0.29, 0.717) is 13.1 Å². The second-order valence-corrected chi connectivity index (χ2v) is 4.21. The summed E-state index contributed by atoms with van der Waals surface area (Å²) in [5.74, 6) is 0.847. The van der Waals surface area contributed by atoms with Crippen molar-refractivity contribution in [1.29, 1.82) is 0 Å². The molecule has 0 spiro atoms. The standard InChI is InChI=1S/C12H17NO2/c1-8-3-9(2)5-10(4-8)15-12-7-13-6-11(12)14/h3-5,11-14H,6-7H2,1-2H3. The number of aryl methyl sites for hydroxylation is 2. The van der Waals surface area contributed by atoms with Crippen LogP contribution in [-0.2, 0) is 0 Å². The molecule has 1 saturated heterocycles. The topological polar surface area (TPSA) is 41.5 Å². The summed E-state index contributed by atoms with van der Waals surface area (Å²) in [5, 5.41) is 12.7. The predicted octanol–water partition coefficient (Wildman–Crippen LogP) is 1.01. The Morgan fingerprint density at radius 2 is 1.87 bits per heavy atom. The number of aliphatic hydroxyl groups is 1. The van der Waals surface area contributed by atoms with E-state index in [1.165, 1.54) is 11.1 Å². The van der Waals surface area contributed by atoms with Gasteiger partial charge in [0.2, 0.25) is 0 Å². The number of hydrogen-bond donors (Lipinski definition) is 2. The van der Waals surface area contributed by atoms with E-state index in [4.69, 9.17) is 4.74 Å². The van der Waals surface area contributed by atoms with Crippen molar-refractivity contribution in [2.24, 2.45) is 0 Å². The van der Waals surface area contributed by atoms with Crippen LogP contribution < -0.4 is 10.1 Å². The molecule has 3 nitrogen and oxygen atoms in total. The maximum Gasteiger partial charge on any atom is 0.138 e. The van der Waals surface area contributed by atoms with Gasteiger partial charge in [-0.2, -0.15) is 0 Å². The quantitative estimate of drug-likeness (QED) is 0.760. The van der Waals surface area contributed by atoms with Gasteiger partial charge in [0.1, 0.15) is 18.0 Å². The number of benzene rings is 1. The van der Waals surface area contributed by atoms with Crippen LogP contribution in [0.1, 0.15) is 11.1 Å². The summed E-state index contributed by atoms with van der Waals surface area (Å²) in [6.45, 7) is 5.43. The Hall–Kier alpha value is -1.06. The van der Waals surface area contributed by atoms with Crippen LogP contribution in [0.5, 0.6) is 5.75 Å². The zero-order valence-electron chi connectivity index (χ0n) is 9.16. The summed E-state index contributed by atoms with van der Waals surface area (Å²) in [5.41, 5.74) is 2.37. The largest absolute Gasteiger partial charge is 0.486 e. The van der Waals surface area contributed by atoms with E-state index in [-0.39, 0.29) is 6.10 Å². The number of rotatable bonds is 2. The van der Waals surface area contributed by atoms with Gasteiger partial charge in [-0.15, -0.1) is 0 Å². The normalized spacial score (nSPS) is 25.5. The third-order valence-electron chi connectivity index (χ3n) is 2.61. The van der Waals surface area contributed by atoms with Crippen LogP contribution in [0.15, 0.2) is 18.2 Å². The molecule has 1 aromatic carbocycles. The average molecular weight is 207 g/mol. The highest BCUT2D eigenvalue weighted by atomic mass is 16.5. The minimum absolute atomic E-state index is 0.119. The van der Waals surface area contributed by atoms with Gasteiger partial charge in [-0.05, 0) is 37.1 Å². The molecule has 1 aromatic rings. The highest BCUT2D eigenvalue weighted by Gasteiger charge is 2.26. The number of β-amino-alcohol motifs (C(OH)–C–C–N with tert-alkyl or cyclic N) is 1. The molecule has 1 aliphatic heterocycles. The van der Waals surface area contributed by atoms with E-state index in [1.54, 1.807) is 0 Å². The number of hydrogen-bond acceptors (Lipinski definition) is 3. The van der Waals surface area contributed by atoms with Crippen LogP contribution in [0, 0.1) is 13.8 Å². The van der Waals surface area contributed by atoms with Gasteiger partial charge in [-0.1, -0.05) is 6.07 Å². The molecule has 82 valence electrons. The van der Waals surface area contributed by atoms with E-state index in [9.17, 15) is 5.11 Å². The molecule has 0 amide bonds. The molecule has 15 heavy (non-hydrogen) atoms. The van der Waals surface area contributed by atoms with E-state index in [0.717, 1.165) is 5.75 Å². The molecule has 1 aliphatic rings. The molecule has 1 heterocycles. The van der Waals surface area contributed by atoms with Gasteiger partial charge in [-0.25, -0.2) is 0 Å². The Kier molecular flexibility index (Phi) is 2.93. The molecule has 0 aromatic heterocycles. The minimum Gasteiger partial charge on any atom is -0.486 e. The Morgan fingerprint density at radius 3 is 2.40 bits per heavy atom. The molecule has 2 rings (SSSR count). The molecular weight excluding hydrogens is 190 g/mol. The maximum absolute atomic E-state index is 9.60. The second-order valence-electron chi connectivity index (χ2n) is 4.21. The van der Waals surface area contributed by atoms with Gasteiger partial charge in [0.25, 0.3) is 0 Å². The fourth-order valence-corrected chi connectivity index (χ4v) is 1.94. The highest BCUT2D eigenvalue weighted by Crippen LogP contribution is 2.19. The van der Waals surface area contributed by atoms with Crippen molar-refractivity contribution in [3.63, 3.8) is 0 Å². The van der Waals surface area contributed by atoms with Crippen molar-refractivity contribution in [3.05, 3.63) is 29.3 Å². The third-order valence-corrected chi connectivity index (χ3v) is 2.61. The lowest BCUT2D eigenvalue weighted by Crippen LogP contribution is -2.29. The molecule has 0 radical (unpaired) electrons. The number of aliphatic hydroxyl groups excluding tert-OH is 1. The molecule has 0 saturated carbocycles. The highest BCUT2D eigenvalue weighted by molar-refractivity contribution is 5.33. The van der Waals surface area contributed by atoms with Gasteiger partial charge < -0.3 is 15.2 Å². The second kappa shape index (κ2) is 4.21. The van der Waals surface area contributed by atoms with Crippen molar-refractivity contribution < 1.29 is 9.84 Å². The monoisotopic (exact) mass is 207 g/mol. The summed E-state index contributed by atoms with van der Waals surface area (Å²) in [6, 6.07) is 6.10. The van der Waals surface area contributed by atoms with E-state index in [1.807, 2.05) is 26.0 Å². The third kappa shape index (κ3) is 2.49. The Morgan fingerprint density at radius 1 is 1.20 bits per heavy atom. The van der Waals surface area contributed by atoms with E-state index >= 15 is 0 Å².